The average molecular weight is 365 g/mol. The van der Waals surface area contributed by atoms with Gasteiger partial charge in [-0.2, -0.15) is 5.10 Å². The molecule has 7 heteroatoms. The van der Waals surface area contributed by atoms with Crippen LogP contribution in [0.5, 0.6) is 0 Å². The summed E-state index contributed by atoms with van der Waals surface area (Å²) < 4.78 is 1.84. The van der Waals surface area contributed by atoms with Crippen LogP contribution >= 0.6 is 11.6 Å². The fourth-order valence-corrected chi connectivity index (χ4v) is 3.34. The van der Waals surface area contributed by atoms with Crippen LogP contribution in [0.1, 0.15) is 26.3 Å². The highest BCUT2D eigenvalue weighted by Crippen LogP contribution is 2.39. The van der Waals surface area contributed by atoms with Crippen molar-refractivity contribution < 1.29 is 0 Å². The summed E-state index contributed by atoms with van der Waals surface area (Å²) in [5.41, 5.74) is 9.44. The highest BCUT2D eigenvalue weighted by atomic mass is 35.5. The van der Waals surface area contributed by atoms with E-state index in [1.54, 1.807) is 0 Å². The number of aromatic amines is 1. The van der Waals surface area contributed by atoms with Crippen molar-refractivity contribution in [1.82, 2.24) is 24.7 Å². The molecule has 0 amide bonds. The molecule has 1 aromatic carbocycles. The molecule has 3 heterocycles. The van der Waals surface area contributed by atoms with Crippen LogP contribution in [0.4, 0.5) is 5.82 Å². The number of nitrogens with one attached hydrogen (secondary N) is 1. The van der Waals surface area contributed by atoms with Crippen molar-refractivity contribution in [3.63, 3.8) is 0 Å². The van der Waals surface area contributed by atoms with Crippen molar-refractivity contribution in [3.8, 4) is 23.7 Å². The van der Waals surface area contributed by atoms with E-state index < -0.39 is 0 Å². The second-order valence-electron chi connectivity index (χ2n) is 7.11. The Morgan fingerprint density at radius 2 is 2.04 bits per heavy atom. The van der Waals surface area contributed by atoms with Crippen LogP contribution in [-0.4, -0.2) is 24.7 Å². The lowest BCUT2D eigenvalue weighted by atomic mass is 10.1. The van der Waals surface area contributed by atoms with Crippen LogP contribution in [0.3, 0.4) is 0 Å². The Morgan fingerprint density at radius 3 is 2.73 bits per heavy atom. The topological polar surface area (TPSA) is 85.4 Å². The van der Waals surface area contributed by atoms with Crippen LogP contribution in [0, 0.1) is 12.3 Å². The number of nitrogens with zero attached hydrogens (tertiary/aromatic N) is 4. The minimum atomic E-state index is -0.285. The summed E-state index contributed by atoms with van der Waals surface area (Å²) in [5, 5.41) is 6.87. The van der Waals surface area contributed by atoms with E-state index in [1.807, 2.05) is 43.7 Å². The highest BCUT2D eigenvalue weighted by Gasteiger charge is 2.26. The number of anilines is 1. The molecule has 0 aliphatic rings. The monoisotopic (exact) mass is 364 g/mol. The summed E-state index contributed by atoms with van der Waals surface area (Å²) in [6.07, 6.45) is 6.94. The van der Waals surface area contributed by atoms with E-state index in [4.69, 9.17) is 28.9 Å². The lowest BCUT2D eigenvalue weighted by Crippen LogP contribution is -2.23. The van der Waals surface area contributed by atoms with Crippen LogP contribution in [0.25, 0.3) is 33.3 Å². The van der Waals surface area contributed by atoms with Crippen LogP contribution in [-0.2, 0) is 5.54 Å². The molecular weight excluding hydrogens is 348 g/mol. The molecule has 0 saturated carbocycles. The zero-order valence-corrected chi connectivity index (χ0v) is 15.4. The summed E-state index contributed by atoms with van der Waals surface area (Å²) >= 11 is 6.65. The van der Waals surface area contributed by atoms with Gasteiger partial charge in [-0.15, -0.1) is 6.42 Å². The first-order valence-corrected chi connectivity index (χ1v) is 8.47. The third kappa shape index (κ3) is 2.32. The average Bonchev–Trinajstić information content (AvgIpc) is 3.13. The molecule has 0 unspecified atom stereocenters. The van der Waals surface area contributed by atoms with Gasteiger partial charge in [-0.05, 0) is 32.9 Å². The van der Waals surface area contributed by atoms with Crippen molar-refractivity contribution in [1.29, 1.82) is 0 Å². The number of nitrogens with two attached hydrogens (primary N) is 1. The Bertz CT molecular complexity index is 1200. The Hall–Kier alpha value is -3.04. The third-order valence-electron chi connectivity index (χ3n) is 4.27. The zero-order valence-electron chi connectivity index (χ0n) is 14.6. The maximum atomic E-state index is 6.65. The van der Waals surface area contributed by atoms with E-state index in [0.29, 0.717) is 33.3 Å². The first-order valence-electron chi connectivity index (χ1n) is 8.09. The Labute approximate surface area is 155 Å². The van der Waals surface area contributed by atoms with Gasteiger partial charge in [-0.3, -0.25) is 0 Å². The van der Waals surface area contributed by atoms with E-state index in [0.717, 1.165) is 16.5 Å². The molecule has 0 spiro atoms. The van der Waals surface area contributed by atoms with E-state index in [9.17, 15) is 0 Å². The van der Waals surface area contributed by atoms with Gasteiger partial charge in [0.2, 0.25) is 0 Å². The summed E-state index contributed by atoms with van der Waals surface area (Å²) in [6, 6.07) is 5.64. The Morgan fingerprint density at radius 1 is 1.27 bits per heavy atom. The Kier molecular flexibility index (Phi) is 3.46. The predicted molar refractivity (Wildman–Crippen MR) is 105 cm³/mol. The maximum Gasteiger partial charge on any atom is 0.164 e. The zero-order chi connectivity index (χ0) is 18.6. The van der Waals surface area contributed by atoms with Crippen molar-refractivity contribution in [3.05, 3.63) is 35.1 Å². The number of aromatic nitrogens is 5. The molecule has 0 saturated heterocycles. The number of hydrogen-bond acceptors (Lipinski definition) is 4. The Balaban J connectivity index is 2.08. The van der Waals surface area contributed by atoms with Crippen LogP contribution in [0.2, 0.25) is 5.02 Å². The lowest BCUT2D eigenvalue weighted by molar-refractivity contribution is 0.366. The minimum Gasteiger partial charge on any atom is -0.383 e. The number of hydrogen-bond donors (Lipinski definition) is 2. The van der Waals surface area contributed by atoms with Crippen LogP contribution < -0.4 is 5.73 Å². The number of fused-ring (bicyclic) bond motifs is 2. The summed E-state index contributed by atoms with van der Waals surface area (Å²) in [6.45, 7) is 6.15. The molecule has 0 aliphatic heterocycles. The van der Waals surface area contributed by atoms with E-state index >= 15 is 0 Å². The van der Waals surface area contributed by atoms with E-state index in [2.05, 4.69) is 20.9 Å². The number of benzene rings is 1. The molecular formula is C19H17ClN6. The first-order chi connectivity index (χ1) is 12.3. The summed E-state index contributed by atoms with van der Waals surface area (Å²) in [5.74, 6) is 2.99. The molecule has 26 heavy (non-hydrogen) atoms. The molecule has 4 rings (SSSR count). The largest absolute Gasteiger partial charge is 0.383 e. The molecule has 0 atom stereocenters. The fraction of sp³-hybridized carbons (Fsp3) is 0.211. The molecule has 0 fully saturated rings. The molecule has 0 aliphatic carbocycles. The molecule has 0 radical (unpaired) electrons. The number of rotatable bonds is 1. The SMILES string of the molecule is C#Cc1ccc2c(Cl)c(-c3nn(C(C)(C)C)c4ncnc(N)c34)[nH]c2c1. The second kappa shape index (κ2) is 5.48. The lowest BCUT2D eigenvalue weighted by Gasteiger charge is -2.19. The van der Waals surface area contributed by atoms with Gasteiger partial charge in [0.25, 0.3) is 0 Å². The first kappa shape index (κ1) is 16.4. The molecule has 4 aromatic rings. The minimum absolute atomic E-state index is 0.285. The predicted octanol–water partition coefficient (Wildman–Crippen LogP) is 3.95. The van der Waals surface area contributed by atoms with Crippen molar-refractivity contribution >= 4 is 39.4 Å². The van der Waals surface area contributed by atoms with E-state index in [1.165, 1.54) is 6.33 Å². The van der Waals surface area contributed by atoms with Gasteiger partial charge in [0, 0.05) is 16.5 Å². The highest BCUT2D eigenvalue weighted by molar-refractivity contribution is 6.38. The van der Waals surface area contributed by atoms with Crippen molar-refractivity contribution in [2.45, 2.75) is 26.3 Å². The second-order valence-corrected chi connectivity index (χ2v) is 7.49. The van der Waals surface area contributed by atoms with Gasteiger partial charge in [0.1, 0.15) is 17.8 Å². The summed E-state index contributed by atoms with van der Waals surface area (Å²) in [7, 11) is 0. The number of H-pyrrole nitrogens is 1. The van der Waals surface area contributed by atoms with Crippen LogP contribution in [0.15, 0.2) is 24.5 Å². The van der Waals surface area contributed by atoms with Gasteiger partial charge >= 0.3 is 0 Å². The van der Waals surface area contributed by atoms with Crippen molar-refractivity contribution in [2.24, 2.45) is 0 Å². The standard InChI is InChI=1S/C19H17ClN6/c1-5-10-6-7-11-12(8-10)24-16(14(11)20)15-13-17(21)22-9-23-18(13)26(25-15)19(2,3)4/h1,6-9,24H,2-4H3,(H2,21,22,23). The maximum absolute atomic E-state index is 6.65. The van der Waals surface area contributed by atoms with E-state index in [-0.39, 0.29) is 5.54 Å². The van der Waals surface area contributed by atoms with Gasteiger partial charge in [0.15, 0.2) is 5.65 Å². The fourth-order valence-electron chi connectivity index (χ4n) is 3.03. The molecule has 130 valence electrons. The molecule has 3 aromatic heterocycles. The number of terminal acetylenes is 1. The smallest absolute Gasteiger partial charge is 0.164 e. The molecule has 3 N–H and O–H groups in total. The molecule has 0 bridgehead atoms. The number of nitrogen functional groups attached to an aromatic ring is 1. The normalized spacial score (nSPS) is 12.0. The molecule has 6 nitrogen and oxygen atoms in total. The van der Waals surface area contributed by atoms with Gasteiger partial charge in [0.05, 0.1) is 21.6 Å². The third-order valence-corrected chi connectivity index (χ3v) is 4.66. The quantitative estimate of drug-likeness (QED) is 0.501. The number of halogens is 1. The van der Waals surface area contributed by atoms with Gasteiger partial charge < -0.3 is 10.7 Å². The van der Waals surface area contributed by atoms with Crippen molar-refractivity contribution in [2.75, 3.05) is 5.73 Å². The van der Waals surface area contributed by atoms with Gasteiger partial charge in [-0.1, -0.05) is 23.6 Å². The van der Waals surface area contributed by atoms with Gasteiger partial charge in [-0.25, -0.2) is 14.6 Å². The summed E-state index contributed by atoms with van der Waals surface area (Å²) in [4.78, 5) is 11.8.